The molecular formula is C18H18BrNO2. The minimum absolute atomic E-state index is 0.0849. The van der Waals surface area contributed by atoms with E-state index in [-0.39, 0.29) is 10.8 Å². The van der Waals surface area contributed by atoms with E-state index in [2.05, 4.69) is 15.9 Å². The highest BCUT2D eigenvalue weighted by Gasteiger charge is 2.10. The Balaban J connectivity index is 1.92. The number of hydrogen-bond acceptors (Lipinski definition) is 3. The Bertz CT molecular complexity index is 611. The predicted molar refractivity (Wildman–Crippen MR) is 92.9 cm³/mol. The highest BCUT2D eigenvalue weighted by Crippen LogP contribution is 2.19. The van der Waals surface area contributed by atoms with Crippen molar-refractivity contribution in [3.63, 3.8) is 0 Å². The number of rotatable bonds is 7. The van der Waals surface area contributed by atoms with Crippen molar-refractivity contribution in [1.82, 2.24) is 0 Å². The predicted octanol–water partition coefficient (Wildman–Crippen LogP) is 4.70. The van der Waals surface area contributed by atoms with Crippen molar-refractivity contribution in [3.8, 4) is 11.1 Å². The molecule has 0 unspecified atom stereocenters. The van der Waals surface area contributed by atoms with Crippen LogP contribution in [0.2, 0.25) is 0 Å². The number of benzene rings is 2. The summed E-state index contributed by atoms with van der Waals surface area (Å²) in [6, 6.07) is 17.4. The highest BCUT2D eigenvalue weighted by atomic mass is 79.9. The van der Waals surface area contributed by atoms with Crippen molar-refractivity contribution in [2.45, 2.75) is 17.7 Å². The fraction of sp³-hybridized carbons (Fsp3) is 0.222. The Hall–Kier alpha value is -1.94. The van der Waals surface area contributed by atoms with Crippen molar-refractivity contribution in [2.75, 3.05) is 6.61 Å². The second-order valence-electron chi connectivity index (χ2n) is 4.92. The van der Waals surface area contributed by atoms with Gasteiger partial charge in [0, 0.05) is 4.83 Å². The third kappa shape index (κ3) is 4.81. The quantitative estimate of drug-likeness (QED) is 0.442. The number of halogens is 1. The summed E-state index contributed by atoms with van der Waals surface area (Å²) >= 11 is 3.44. The molecule has 2 aromatic rings. The van der Waals surface area contributed by atoms with E-state index >= 15 is 0 Å². The molecule has 0 radical (unpaired) electrons. The number of esters is 1. The van der Waals surface area contributed by atoms with Crippen LogP contribution in [-0.2, 0) is 4.74 Å². The monoisotopic (exact) mass is 359 g/mol. The second-order valence-corrected chi connectivity index (χ2v) is 6.22. The number of carbonyl (C=O) groups excluding carboxylic acids is 1. The van der Waals surface area contributed by atoms with Gasteiger partial charge in [-0.25, -0.2) is 4.79 Å². The standard InChI is InChI=1S/C18H18BrNO2/c19-17(7-4-12-20)13-22-18(21)16-10-8-15(9-11-16)14-5-2-1-3-6-14/h1-3,5-6,8-12,17,20H,4,7,13H2/t17-/m1/s1. The Morgan fingerprint density at radius 1 is 1.09 bits per heavy atom. The molecule has 0 aliphatic carbocycles. The molecule has 22 heavy (non-hydrogen) atoms. The molecule has 0 aromatic heterocycles. The van der Waals surface area contributed by atoms with Gasteiger partial charge in [0.25, 0.3) is 0 Å². The molecule has 0 aliphatic rings. The van der Waals surface area contributed by atoms with Crippen molar-refractivity contribution < 1.29 is 9.53 Å². The molecule has 0 fully saturated rings. The van der Waals surface area contributed by atoms with E-state index in [0.717, 1.165) is 17.5 Å². The average Bonchev–Trinajstić information content (AvgIpc) is 2.58. The zero-order valence-corrected chi connectivity index (χ0v) is 13.8. The summed E-state index contributed by atoms with van der Waals surface area (Å²) in [5.74, 6) is -0.320. The van der Waals surface area contributed by atoms with Crippen LogP contribution in [0.1, 0.15) is 23.2 Å². The van der Waals surface area contributed by atoms with Crippen LogP contribution in [0.25, 0.3) is 11.1 Å². The maximum atomic E-state index is 12.0. The first-order valence-electron chi connectivity index (χ1n) is 7.16. The first kappa shape index (κ1) is 16.4. The van der Waals surface area contributed by atoms with Crippen LogP contribution in [0, 0.1) is 5.41 Å². The molecule has 0 saturated heterocycles. The van der Waals surface area contributed by atoms with Crippen LogP contribution < -0.4 is 0 Å². The molecule has 3 nitrogen and oxygen atoms in total. The summed E-state index contributed by atoms with van der Waals surface area (Å²) in [5, 5.41) is 6.98. The lowest BCUT2D eigenvalue weighted by molar-refractivity contribution is 0.0506. The lowest BCUT2D eigenvalue weighted by Crippen LogP contribution is -2.14. The summed E-state index contributed by atoms with van der Waals surface area (Å²) < 4.78 is 5.27. The van der Waals surface area contributed by atoms with Crippen LogP contribution >= 0.6 is 15.9 Å². The SMILES string of the molecule is N=CCC[C@@H](Br)COC(=O)c1ccc(-c2ccccc2)cc1. The molecule has 0 amide bonds. The molecule has 2 aromatic carbocycles. The molecule has 0 spiro atoms. The number of carbonyl (C=O) groups is 1. The minimum Gasteiger partial charge on any atom is -0.461 e. The van der Waals surface area contributed by atoms with Gasteiger partial charge in [-0.05, 0) is 42.3 Å². The van der Waals surface area contributed by atoms with E-state index < -0.39 is 0 Å². The number of nitrogens with one attached hydrogen (secondary N) is 1. The van der Waals surface area contributed by atoms with Gasteiger partial charge < -0.3 is 10.1 Å². The Morgan fingerprint density at radius 3 is 2.36 bits per heavy atom. The smallest absolute Gasteiger partial charge is 0.338 e. The number of alkyl halides is 1. The van der Waals surface area contributed by atoms with E-state index in [4.69, 9.17) is 10.1 Å². The molecule has 114 valence electrons. The number of ether oxygens (including phenoxy) is 1. The third-order valence-corrected chi connectivity index (χ3v) is 3.97. The van der Waals surface area contributed by atoms with Gasteiger partial charge in [0.1, 0.15) is 6.61 Å². The van der Waals surface area contributed by atoms with E-state index in [1.165, 1.54) is 6.21 Å². The van der Waals surface area contributed by atoms with Crippen molar-refractivity contribution in [3.05, 3.63) is 60.2 Å². The highest BCUT2D eigenvalue weighted by molar-refractivity contribution is 9.09. The molecule has 0 heterocycles. The molecular weight excluding hydrogens is 342 g/mol. The van der Waals surface area contributed by atoms with Gasteiger partial charge in [0.15, 0.2) is 0 Å². The molecule has 2 rings (SSSR count). The van der Waals surface area contributed by atoms with Crippen molar-refractivity contribution in [2.24, 2.45) is 0 Å². The van der Waals surface area contributed by atoms with Gasteiger partial charge in [-0.3, -0.25) is 0 Å². The first-order valence-corrected chi connectivity index (χ1v) is 8.08. The lowest BCUT2D eigenvalue weighted by Gasteiger charge is -2.10. The van der Waals surface area contributed by atoms with Gasteiger partial charge in [0.05, 0.1) is 5.56 Å². The summed E-state index contributed by atoms with van der Waals surface area (Å²) in [6.07, 6.45) is 2.82. The summed E-state index contributed by atoms with van der Waals surface area (Å²) in [7, 11) is 0. The van der Waals surface area contributed by atoms with Crippen molar-refractivity contribution >= 4 is 28.1 Å². The van der Waals surface area contributed by atoms with E-state index in [9.17, 15) is 4.79 Å². The van der Waals surface area contributed by atoms with Crippen LogP contribution in [0.4, 0.5) is 0 Å². The maximum absolute atomic E-state index is 12.0. The topological polar surface area (TPSA) is 50.1 Å². The number of hydrogen-bond donors (Lipinski definition) is 1. The second kappa shape index (κ2) is 8.49. The summed E-state index contributed by atoms with van der Waals surface area (Å²) in [6.45, 7) is 0.313. The van der Waals surface area contributed by atoms with Gasteiger partial charge >= 0.3 is 5.97 Å². The largest absolute Gasteiger partial charge is 0.461 e. The Kier molecular flexibility index (Phi) is 6.34. The summed E-state index contributed by atoms with van der Waals surface area (Å²) in [4.78, 5) is 12.1. The van der Waals surface area contributed by atoms with E-state index in [1.807, 2.05) is 42.5 Å². The van der Waals surface area contributed by atoms with E-state index in [0.29, 0.717) is 18.6 Å². The molecule has 1 atom stereocenters. The zero-order valence-electron chi connectivity index (χ0n) is 12.2. The molecule has 1 N–H and O–H groups in total. The van der Waals surface area contributed by atoms with E-state index in [1.54, 1.807) is 12.1 Å². The molecule has 0 saturated carbocycles. The first-order chi connectivity index (χ1) is 10.7. The van der Waals surface area contributed by atoms with Gasteiger partial charge in [-0.2, -0.15) is 0 Å². The van der Waals surface area contributed by atoms with Crippen LogP contribution in [0.3, 0.4) is 0 Å². The third-order valence-electron chi connectivity index (χ3n) is 3.25. The Labute approximate surface area is 139 Å². The van der Waals surface area contributed by atoms with Crippen LogP contribution in [0.5, 0.6) is 0 Å². The molecule has 0 aliphatic heterocycles. The van der Waals surface area contributed by atoms with Gasteiger partial charge in [-0.15, -0.1) is 0 Å². The normalized spacial score (nSPS) is 11.7. The lowest BCUT2D eigenvalue weighted by atomic mass is 10.0. The Morgan fingerprint density at radius 2 is 1.73 bits per heavy atom. The van der Waals surface area contributed by atoms with Crippen LogP contribution in [-0.4, -0.2) is 23.6 Å². The maximum Gasteiger partial charge on any atom is 0.338 e. The minimum atomic E-state index is -0.320. The van der Waals surface area contributed by atoms with Crippen LogP contribution in [0.15, 0.2) is 54.6 Å². The average molecular weight is 360 g/mol. The fourth-order valence-electron chi connectivity index (χ4n) is 2.03. The molecule has 4 heteroatoms. The molecule has 0 bridgehead atoms. The van der Waals surface area contributed by atoms with Gasteiger partial charge in [-0.1, -0.05) is 58.4 Å². The summed E-state index contributed by atoms with van der Waals surface area (Å²) in [5.41, 5.74) is 2.74. The fourth-order valence-corrected chi connectivity index (χ4v) is 2.42. The zero-order chi connectivity index (χ0) is 15.8. The van der Waals surface area contributed by atoms with Gasteiger partial charge in [0.2, 0.25) is 0 Å². The van der Waals surface area contributed by atoms with Crippen molar-refractivity contribution in [1.29, 1.82) is 5.41 Å².